The Morgan fingerprint density at radius 1 is 1.10 bits per heavy atom. The second-order valence-corrected chi connectivity index (χ2v) is 14.1. The maximum Gasteiger partial charge on any atom is 0.300 e. The van der Waals surface area contributed by atoms with Gasteiger partial charge in [-0.2, -0.15) is 9.82 Å². The number of carbonyl (C=O) groups excluding carboxylic acids is 3. The molecule has 1 saturated heterocycles. The van der Waals surface area contributed by atoms with E-state index in [1.54, 1.807) is 50.0 Å². The van der Waals surface area contributed by atoms with E-state index in [4.69, 9.17) is 15.7 Å². The fourth-order valence-corrected chi connectivity index (χ4v) is 6.89. The molecule has 0 radical (unpaired) electrons. The molecule has 3 aromatic rings. The molecule has 2 heterocycles. The summed E-state index contributed by atoms with van der Waals surface area (Å²) in [6, 6.07) is 13.8. The quantitative estimate of drug-likeness (QED) is 0.0876. The summed E-state index contributed by atoms with van der Waals surface area (Å²) >= 11 is 0. The number of likely N-dealkylation sites (tertiary alicyclic amines) is 1. The molecule has 1 aliphatic heterocycles. The number of hydrogen-bond donors (Lipinski definition) is 4. The number of carbonyl (C=O) groups is 4. The number of pyridine rings is 1. The Morgan fingerprint density at radius 2 is 1.82 bits per heavy atom. The maximum atomic E-state index is 14.1. The number of hydrazone groups is 1. The predicted molar refractivity (Wildman–Crippen MR) is 188 cm³/mol. The number of fused-ring (bicyclic) bond motifs is 1. The summed E-state index contributed by atoms with van der Waals surface area (Å²) < 4.78 is 29.9. The number of benzene rings is 2. The van der Waals surface area contributed by atoms with Crippen molar-refractivity contribution in [1.82, 2.24) is 24.8 Å². The van der Waals surface area contributed by atoms with Gasteiger partial charge >= 0.3 is 0 Å². The van der Waals surface area contributed by atoms with Crippen LogP contribution in [0.2, 0.25) is 0 Å². The summed E-state index contributed by atoms with van der Waals surface area (Å²) in [5.41, 5.74) is 0.558. The number of carboxylic acids is 1. The molecule has 1 saturated carbocycles. The van der Waals surface area contributed by atoms with Gasteiger partial charge in [0.25, 0.3) is 5.97 Å². The Labute approximate surface area is 291 Å². The molecule has 0 spiro atoms. The molecule has 1 aliphatic carbocycles. The van der Waals surface area contributed by atoms with E-state index in [1.165, 1.54) is 21.9 Å². The summed E-state index contributed by atoms with van der Waals surface area (Å²) in [6.45, 7) is 2.65. The van der Waals surface area contributed by atoms with E-state index in [1.807, 2.05) is 23.1 Å². The second-order valence-electron chi connectivity index (χ2n) is 12.3. The maximum absolute atomic E-state index is 14.1. The van der Waals surface area contributed by atoms with E-state index >= 15 is 0 Å². The Hall–Kier alpha value is -5.09. The number of rotatable bonds is 13. The van der Waals surface area contributed by atoms with Crippen molar-refractivity contribution in [2.45, 2.75) is 56.0 Å². The highest BCUT2D eigenvalue weighted by Gasteiger charge is 2.40. The highest BCUT2D eigenvalue weighted by molar-refractivity contribution is 7.89. The van der Waals surface area contributed by atoms with Crippen LogP contribution in [0.5, 0.6) is 0 Å². The molecule has 268 valence electrons. The van der Waals surface area contributed by atoms with Crippen LogP contribution in [0.1, 0.15) is 39.0 Å². The van der Waals surface area contributed by atoms with Crippen molar-refractivity contribution in [2.75, 3.05) is 38.1 Å². The molecule has 50 heavy (non-hydrogen) atoms. The zero-order chi connectivity index (χ0) is 36.3. The van der Waals surface area contributed by atoms with Gasteiger partial charge in [0, 0.05) is 45.8 Å². The molecule has 2 atom stereocenters. The second kappa shape index (κ2) is 17.5. The predicted octanol–water partition coefficient (Wildman–Crippen LogP) is 1.75. The average molecular weight is 709 g/mol. The number of likely N-dealkylation sites (N-methyl/N-ethyl adjacent to an activating group) is 1. The van der Waals surface area contributed by atoms with Crippen LogP contribution in [0.25, 0.3) is 10.8 Å². The Balaban J connectivity index is 0.00000133. The molecule has 2 aromatic carbocycles. The number of nitrogens with zero attached hydrogens (tertiary/aromatic N) is 5. The van der Waals surface area contributed by atoms with Gasteiger partial charge in [-0.05, 0) is 66.6 Å². The van der Waals surface area contributed by atoms with Gasteiger partial charge in [0.2, 0.25) is 27.7 Å². The van der Waals surface area contributed by atoms with E-state index in [-0.39, 0.29) is 29.3 Å². The number of hydrogen-bond acceptors (Lipinski definition) is 9. The van der Waals surface area contributed by atoms with E-state index in [0.29, 0.717) is 31.6 Å². The number of nitrogens with one attached hydrogen (secondary N) is 2. The van der Waals surface area contributed by atoms with Crippen LogP contribution in [0, 0.1) is 5.92 Å². The zero-order valence-electron chi connectivity index (χ0n) is 28.1. The fourth-order valence-electron chi connectivity index (χ4n) is 5.67. The number of aliphatic carboxylic acids is 1. The van der Waals surface area contributed by atoms with Crippen molar-refractivity contribution in [1.29, 1.82) is 0 Å². The molecule has 5 rings (SSSR count). The monoisotopic (exact) mass is 708 g/mol. The molecule has 3 amide bonds. The van der Waals surface area contributed by atoms with Crippen LogP contribution in [0.4, 0.5) is 5.69 Å². The minimum absolute atomic E-state index is 0.0290. The van der Waals surface area contributed by atoms with Crippen LogP contribution in [0.3, 0.4) is 0 Å². The number of piperidine rings is 1. The van der Waals surface area contributed by atoms with Gasteiger partial charge in [-0.15, -0.1) is 0 Å². The highest BCUT2D eigenvalue weighted by atomic mass is 32.2. The SMILES string of the molecule is CC(=O)O.CN(C(=O)CN(C(=O)[C@H](CC(=O)NC[C@@H]1CCCN(C=NN)C1)NS(=O)(=O)c1ccc2ccccc2c1)C1CC1)c1cccnc1. The Morgan fingerprint density at radius 3 is 2.48 bits per heavy atom. The normalized spacial score (nSPS) is 16.6. The molecule has 5 N–H and O–H groups in total. The Kier molecular flexibility index (Phi) is 13.2. The van der Waals surface area contributed by atoms with E-state index in [9.17, 15) is 22.8 Å². The minimum atomic E-state index is -4.23. The lowest BCUT2D eigenvalue weighted by Gasteiger charge is -2.31. The number of aromatic nitrogens is 1. The van der Waals surface area contributed by atoms with Crippen molar-refractivity contribution >= 4 is 56.5 Å². The lowest BCUT2D eigenvalue weighted by Crippen LogP contribution is -2.53. The fraction of sp³-hybridized carbons (Fsp3) is 0.412. The summed E-state index contributed by atoms with van der Waals surface area (Å²) in [5, 5.41) is 15.5. The first-order chi connectivity index (χ1) is 23.9. The number of anilines is 1. The van der Waals surface area contributed by atoms with Crippen molar-refractivity contribution in [3.05, 3.63) is 67.0 Å². The van der Waals surface area contributed by atoms with Gasteiger partial charge in [0.1, 0.15) is 18.9 Å². The van der Waals surface area contributed by atoms with Gasteiger partial charge in [-0.25, -0.2) is 8.42 Å². The summed E-state index contributed by atoms with van der Waals surface area (Å²) in [4.78, 5) is 58.5. The van der Waals surface area contributed by atoms with E-state index in [2.05, 4.69) is 20.1 Å². The highest BCUT2D eigenvalue weighted by Crippen LogP contribution is 2.29. The van der Waals surface area contributed by atoms with Crippen LogP contribution < -0.4 is 20.8 Å². The molecular formula is C34H44N8O7S. The first kappa shape index (κ1) is 37.7. The zero-order valence-corrected chi connectivity index (χ0v) is 29.0. The van der Waals surface area contributed by atoms with Gasteiger partial charge in [-0.3, -0.25) is 24.2 Å². The van der Waals surface area contributed by atoms with E-state index in [0.717, 1.165) is 37.1 Å². The van der Waals surface area contributed by atoms with Crippen molar-refractivity contribution < 1.29 is 32.7 Å². The first-order valence-corrected chi connectivity index (χ1v) is 17.8. The molecule has 2 fully saturated rings. The standard InChI is InChI=1S/C32H40N8O5S.C2H4O2/c1-38(27-9-4-14-34-19-27)31(42)21-40(26-11-12-26)32(43)29(17-30(41)35-18-23-6-5-15-39(20-23)22-36-33)37-46(44,45)28-13-10-24-7-2-3-8-25(24)16-28;1-2(3)4/h2-4,7-10,13-14,16,19,22-23,26,29,37H,5-6,11-12,15,17-18,20-21,33H2,1H3,(H,35,41);1H3,(H,3,4)/t23-,29-;/m0./s1. The first-order valence-electron chi connectivity index (χ1n) is 16.3. The van der Waals surface area contributed by atoms with Crippen LogP contribution >= 0.6 is 0 Å². The summed E-state index contributed by atoms with van der Waals surface area (Å²) in [7, 11) is -2.64. The average Bonchev–Trinajstić information content (AvgIpc) is 3.94. The molecule has 2 aliphatic rings. The summed E-state index contributed by atoms with van der Waals surface area (Å²) in [5.74, 6) is 3.14. The van der Waals surface area contributed by atoms with Gasteiger partial charge in [0.15, 0.2) is 0 Å². The number of nitrogens with two attached hydrogens (primary N) is 1. The topological polar surface area (TPSA) is 208 Å². The molecular weight excluding hydrogens is 664 g/mol. The van der Waals surface area contributed by atoms with Crippen LogP contribution in [-0.2, 0) is 29.2 Å². The minimum Gasteiger partial charge on any atom is -0.481 e. The number of carboxylic acid groups (broad SMARTS) is 1. The molecule has 15 nitrogen and oxygen atoms in total. The van der Waals surface area contributed by atoms with Crippen molar-refractivity contribution in [3.63, 3.8) is 0 Å². The van der Waals surface area contributed by atoms with Gasteiger partial charge in [-0.1, -0.05) is 30.3 Å². The van der Waals surface area contributed by atoms with Crippen molar-refractivity contribution in [2.24, 2.45) is 16.9 Å². The molecule has 0 bridgehead atoms. The molecule has 1 aromatic heterocycles. The van der Waals surface area contributed by atoms with Crippen LogP contribution in [0.15, 0.2) is 77.0 Å². The van der Waals surface area contributed by atoms with Gasteiger partial charge < -0.3 is 31.0 Å². The molecule has 0 unspecified atom stereocenters. The lowest BCUT2D eigenvalue weighted by atomic mass is 9.98. The van der Waals surface area contributed by atoms with Crippen molar-refractivity contribution in [3.8, 4) is 0 Å². The summed E-state index contributed by atoms with van der Waals surface area (Å²) in [6.07, 6.45) is 7.45. The Bertz CT molecular complexity index is 1780. The third kappa shape index (κ3) is 11.0. The largest absolute Gasteiger partial charge is 0.481 e. The third-order valence-electron chi connectivity index (χ3n) is 8.37. The van der Waals surface area contributed by atoms with Gasteiger partial charge in [0.05, 0.1) is 23.2 Å². The van der Waals surface area contributed by atoms with E-state index < -0.39 is 40.3 Å². The molecule has 16 heteroatoms. The smallest absolute Gasteiger partial charge is 0.300 e. The third-order valence-corrected chi connectivity index (χ3v) is 9.84. The van der Waals surface area contributed by atoms with Crippen LogP contribution in [-0.4, -0.2) is 104 Å². The number of amides is 3. The lowest BCUT2D eigenvalue weighted by molar-refractivity contribution is -0.138. The number of sulfonamides is 1.